The topological polar surface area (TPSA) is 71.4 Å². The average Bonchev–Trinajstić information content (AvgIpc) is 2.97. The summed E-state index contributed by atoms with van der Waals surface area (Å²) in [5.41, 5.74) is 3.65. The molecule has 2 aromatic carbocycles. The number of benzene rings is 2. The summed E-state index contributed by atoms with van der Waals surface area (Å²) in [6.45, 7) is 3.83. The van der Waals surface area contributed by atoms with Gasteiger partial charge in [0.2, 0.25) is 10.0 Å². The number of hydrogen-bond acceptors (Lipinski definition) is 3. The summed E-state index contributed by atoms with van der Waals surface area (Å²) >= 11 is 3.43. The van der Waals surface area contributed by atoms with Gasteiger partial charge in [0, 0.05) is 41.3 Å². The fraction of sp³-hybridized carbons (Fsp3) is 0.190. The molecule has 8 heteroatoms. The Morgan fingerprint density at radius 1 is 1.03 bits per heavy atom. The number of amides is 1. The number of rotatable bonds is 5. The molecule has 1 N–H and O–H groups in total. The van der Waals surface area contributed by atoms with Crippen LogP contribution in [0.3, 0.4) is 0 Å². The molecule has 0 spiro atoms. The minimum Gasteiger partial charge on any atom is -0.322 e. The van der Waals surface area contributed by atoms with E-state index in [0.717, 1.165) is 25.9 Å². The van der Waals surface area contributed by atoms with Crippen molar-refractivity contribution in [1.29, 1.82) is 0 Å². The normalized spacial score (nSPS) is 11.7. The van der Waals surface area contributed by atoms with Gasteiger partial charge in [0.15, 0.2) is 0 Å². The molecule has 0 aliphatic heterocycles. The first kappa shape index (κ1) is 21.3. The molecule has 0 unspecified atom stereocenters. The standard InChI is InChI=1S/C21H22BrN3O3S/c1-14-12-20(15(2)25(14)18-10-8-16(22)9-11-18)21(26)23-17-6-5-7-19(13-17)29(27,28)24(3)4/h5-13H,1-4H3,(H,23,26). The van der Waals surface area contributed by atoms with Crippen molar-refractivity contribution in [3.05, 3.63) is 76.0 Å². The number of carbonyl (C=O) groups is 1. The smallest absolute Gasteiger partial charge is 0.257 e. The molecule has 1 amide bonds. The van der Waals surface area contributed by atoms with E-state index in [-0.39, 0.29) is 10.8 Å². The zero-order valence-corrected chi connectivity index (χ0v) is 19.0. The number of carbonyl (C=O) groups excluding carboxylic acids is 1. The predicted octanol–water partition coefficient (Wildman–Crippen LogP) is 4.36. The zero-order valence-electron chi connectivity index (χ0n) is 16.6. The molecule has 3 aromatic rings. The second-order valence-corrected chi connectivity index (χ2v) is 9.93. The molecular weight excluding hydrogens is 454 g/mol. The molecule has 0 saturated carbocycles. The van der Waals surface area contributed by atoms with E-state index >= 15 is 0 Å². The molecule has 3 rings (SSSR count). The van der Waals surface area contributed by atoms with Gasteiger partial charge in [-0.2, -0.15) is 0 Å². The van der Waals surface area contributed by atoms with Crippen LogP contribution >= 0.6 is 15.9 Å². The Labute approximate surface area is 179 Å². The molecule has 0 saturated heterocycles. The van der Waals surface area contributed by atoms with Crippen molar-refractivity contribution in [2.75, 3.05) is 19.4 Å². The largest absolute Gasteiger partial charge is 0.322 e. The number of sulfonamides is 1. The Kier molecular flexibility index (Phi) is 5.97. The molecular formula is C21H22BrN3O3S. The molecule has 0 aliphatic carbocycles. The van der Waals surface area contributed by atoms with Gasteiger partial charge < -0.3 is 9.88 Å². The molecule has 0 bridgehead atoms. The van der Waals surface area contributed by atoms with E-state index < -0.39 is 10.0 Å². The van der Waals surface area contributed by atoms with Crippen molar-refractivity contribution in [3.63, 3.8) is 0 Å². The second kappa shape index (κ2) is 8.14. The maximum absolute atomic E-state index is 12.9. The quantitative estimate of drug-likeness (QED) is 0.595. The van der Waals surface area contributed by atoms with Crippen LogP contribution in [0.2, 0.25) is 0 Å². The monoisotopic (exact) mass is 475 g/mol. The molecule has 6 nitrogen and oxygen atoms in total. The predicted molar refractivity (Wildman–Crippen MR) is 118 cm³/mol. The first-order valence-corrected chi connectivity index (χ1v) is 11.1. The highest BCUT2D eigenvalue weighted by molar-refractivity contribution is 9.10. The summed E-state index contributed by atoms with van der Waals surface area (Å²) in [4.78, 5) is 13.0. The lowest BCUT2D eigenvalue weighted by Gasteiger charge is -2.13. The summed E-state index contributed by atoms with van der Waals surface area (Å²) in [7, 11) is -0.636. The van der Waals surface area contributed by atoms with Crippen LogP contribution in [-0.4, -0.2) is 37.3 Å². The van der Waals surface area contributed by atoms with Gasteiger partial charge in [-0.05, 0) is 62.4 Å². The lowest BCUT2D eigenvalue weighted by molar-refractivity contribution is 0.102. The highest BCUT2D eigenvalue weighted by Gasteiger charge is 2.20. The maximum atomic E-state index is 12.9. The second-order valence-electron chi connectivity index (χ2n) is 6.87. The number of aryl methyl sites for hydroxylation is 1. The van der Waals surface area contributed by atoms with Gasteiger partial charge in [-0.1, -0.05) is 22.0 Å². The summed E-state index contributed by atoms with van der Waals surface area (Å²) in [5, 5.41) is 2.81. The number of nitrogens with one attached hydrogen (secondary N) is 1. The third-order valence-electron chi connectivity index (χ3n) is 4.63. The van der Waals surface area contributed by atoms with Crippen molar-refractivity contribution in [2.45, 2.75) is 18.7 Å². The zero-order chi connectivity index (χ0) is 21.3. The minimum atomic E-state index is -3.58. The van der Waals surface area contributed by atoms with Gasteiger partial charge in [0.05, 0.1) is 10.5 Å². The van der Waals surface area contributed by atoms with Crippen molar-refractivity contribution < 1.29 is 13.2 Å². The summed E-state index contributed by atoms with van der Waals surface area (Å²) < 4.78 is 28.8. The Morgan fingerprint density at radius 2 is 1.69 bits per heavy atom. The molecule has 0 atom stereocenters. The summed E-state index contributed by atoms with van der Waals surface area (Å²) in [5.74, 6) is -0.291. The number of hydrogen-bond donors (Lipinski definition) is 1. The van der Waals surface area contributed by atoms with Crippen LogP contribution in [0.15, 0.2) is 64.0 Å². The Hall–Kier alpha value is -2.42. The lowest BCUT2D eigenvalue weighted by Crippen LogP contribution is -2.22. The fourth-order valence-electron chi connectivity index (χ4n) is 3.12. The fourth-order valence-corrected chi connectivity index (χ4v) is 4.34. The van der Waals surface area contributed by atoms with Gasteiger partial charge in [-0.15, -0.1) is 0 Å². The van der Waals surface area contributed by atoms with Crippen molar-refractivity contribution in [2.24, 2.45) is 0 Å². The molecule has 0 aliphatic rings. The third kappa shape index (κ3) is 4.29. The molecule has 1 heterocycles. The van der Waals surface area contributed by atoms with Crippen LogP contribution in [0.5, 0.6) is 0 Å². The number of nitrogens with zero attached hydrogens (tertiary/aromatic N) is 2. The Bertz CT molecular complexity index is 1170. The van der Waals surface area contributed by atoms with E-state index in [4.69, 9.17) is 0 Å². The van der Waals surface area contributed by atoms with Gasteiger partial charge in [0.1, 0.15) is 0 Å². The molecule has 0 radical (unpaired) electrons. The van der Waals surface area contributed by atoms with Crippen molar-refractivity contribution in [3.8, 4) is 5.69 Å². The first-order chi connectivity index (χ1) is 13.6. The van der Waals surface area contributed by atoms with Crippen molar-refractivity contribution in [1.82, 2.24) is 8.87 Å². The van der Waals surface area contributed by atoms with E-state index in [2.05, 4.69) is 21.2 Å². The van der Waals surface area contributed by atoms with Crippen LogP contribution in [0, 0.1) is 13.8 Å². The molecule has 152 valence electrons. The molecule has 1 aromatic heterocycles. The Morgan fingerprint density at radius 3 is 2.31 bits per heavy atom. The van der Waals surface area contributed by atoms with Gasteiger partial charge in [-0.3, -0.25) is 4.79 Å². The number of anilines is 1. The van der Waals surface area contributed by atoms with Gasteiger partial charge >= 0.3 is 0 Å². The van der Waals surface area contributed by atoms with Crippen LogP contribution in [0.4, 0.5) is 5.69 Å². The lowest BCUT2D eigenvalue weighted by atomic mass is 10.2. The summed E-state index contributed by atoms with van der Waals surface area (Å²) in [6.07, 6.45) is 0. The highest BCUT2D eigenvalue weighted by Crippen LogP contribution is 2.24. The molecule has 0 fully saturated rings. The van der Waals surface area contributed by atoms with E-state index in [1.54, 1.807) is 12.1 Å². The van der Waals surface area contributed by atoms with E-state index in [1.165, 1.54) is 26.2 Å². The maximum Gasteiger partial charge on any atom is 0.257 e. The third-order valence-corrected chi connectivity index (χ3v) is 6.97. The van der Waals surface area contributed by atoms with E-state index in [0.29, 0.717) is 11.3 Å². The number of aromatic nitrogens is 1. The van der Waals surface area contributed by atoms with Gasteiger partial charge in [-0.25, -0.2) is 12.7 Å². The minimum absolute atomic E-state index is 0.126. The van der Waals surface area contributed by atoms with Crippen LogP contribution in [0.25, 0.3) is 5.69 Å². The SMILES string of the molecule is Cc1cc(C(=O)Nc2cccc(S(=O)(=O)N(C)C)c2)c(C)n1-c1ccc(Br)cc1. The first-order valence-electron chi connectivity index (χ1n) is 8.90. The Balaban J connectivity index is 1.91. The average molecular weight is 476 g/mol. The van der Waals surface area contributed by atoms with E-state index in [1.807, 2.05) is 48.7 Å². The summed E-state index contributed by atoms with van der Waals surface area (Å²) in [6, 6.07) is 15.9. The van der Waals surface area contributed by atoms with Crippen LogP contribution in [-0.2, 0) is 10.0 Å². The van der Waals surface area contributed by atoms with Gasteiger partial charge in [0.25, 0.3) is 5.91 Å². The van der Waals surface area contributed by atoms with Crippen LogP contribution < -0.4 is 5.32 Å². The highest BCUT2D eigenvalue weighted by atomic mass is 79.9. The van der Waals surface area contributed by atoms with E-state index in [9.17, 15) is 13.2 Å². The molecule has 29 heavy (non-hydrogen) atoms. The van der Waals surface area contributed by atoms with Crippen molar-refractivity contribution >= 4 is 37.5 Å². The van der Waals surface area contributed by atoms with Crippen LogP contribution in [0.1, 0.15) is 21.7 Å². The number of halogens is 1.